The monoisotopic (exact) mass is 409 g/mol. The highest BCUT2D eigenvalue weighted by Gasteiger charge is 2.54. The molecule has 1 aliphatic carbocycles. The maximum atomic E-state index is 13.2. The Hall–Kier alpha value is -3.15. The molecule has 3 rings (SSSR count). The first kappa shape index (κ1) is 21.6. The molecule has 2 unspecified atom stereocenters. The molecule has 0 aromatic heterocycles. The molecule has 158 valence electrons. The summed E-state index contributed by atoms with van der Waals surface area (Å²) in [4.78, 5) is 38.9. The van der Waals surface area contributed by atoms with Gasteiger partial charge in [-0.1, -0.05) is 73.5 Å². The third kappa shape index (κ3) is 4.70. The number of alkyl carbamates (subject to hydrolysis) is 1. The summed E-state index contributed by atoms with van der Waals surface area (Å²) in [7, 11) is 1.28. The molecule has 0 heterocycles. The van der Waals surface area contributed by atoms with Gasteiger partial charge in [0.25, 0.3) is 0 Å². The van der Waals surface area contributed by atoms with E-state index in [0.29, 0.717) is 18.4 Å². The lowest BCUT2D eigenvalue weighted by Crippen LogP contribution is -2.51. The van der Waals surface area contributed by atoms with Crippen LogP contribution in [0, 0.1) is 5.41 Å². The van der Waals surface area contributed by atoms with Crippen LogP contribution in [0.5, 0.6) is 0 Å². The number of hydrogen-bond acceptors (Lipinski definition) is 5. The third-order valence-corrected chi connectivity index (χ3v) is 5.62. The van der Waals surface area contributed by atoms with Gasteiger partial charge in [0, 0.05) is 6.42 Å². The highest BCUT2D eigenvalue weighted by atomic mass is 16.5. The molecule has 0 spiro atoms. The zero-order valence-electron chi connectivity index (χ0n) is 17.1. The number of ketones is 1. The molecule has 2 aromatic rings. The van der Waals surface area contributed by atoms with E-state index in [9.17, 15) is 14.4 Å². The van der Waals surface area contributed by atoms with Crippen LogP contribution in [0.2, 0.25) is 0 Å². The molecule has 0 aliphatic heterocycles. The molecule has 1 aliphatic rings. The number of rotatable bonds is 6. The van der Waals surface area contributed by atoms with Crippen molar-refractivity contribution < 1.29 is 23.9 Å². The number of Topliss-reactive ketones (excluding diaryl/α,β-unsaturated/α-hetero) is 1. The van der Waals surface area contributed by atoms with Crippen molar-refractivity contribution >= 4 is 17.8 Å². The molecular weight excluding hydrogens is 382 g/mol. The van der Waals surface area contributed by atoms with Crippen LogP contribution in [0.3, 0.4) is 0 Å². The van der Waals surface area contributed by atoms with Crippen molar-refractivity contribution in [1.29, 1.82) is 0 Å². The molecule has 1 amide bonds. The fourth-order valence-corrected chi connectivity index (χ4v) is 4.07. The van der Waals surface area contributed by atoms with Gasteiger partial charge in [-0.15, -0.1) is 0 Å². The molecule has 2 aromatic carbocycles. The number of benzene rings is 2. The predicted octanol–water partition coefficient (Wildman–Crippen LogP) is 4.35. The van der Waals surface area contributed by atoms with E-state index in [0.717, 1.165) is 18.4 Å². The van der Waals surface area contributed by atoms with Crippen LogP contribution in [0.1, 0.15) is 49.3 Å². The second-order valence-electron chi connectivity index (χ2n) is 7.50. The smallest absolute Gasteiger partial charge is 0.407 e. The number of esters is 1. The Morgan fingerprint density at radius 1 is 1.00 bits per heavy atom. The third-order valence-electron chi connectivity index (χ3n) is 5.62. The summed E-state index contributed by atoms with van der Waals surface area (Å²) < 4.78 is 10.5. The van der Waals surface area contributed by atoms with E-state index in [1.165, 1.54) is 7.11 Å². The molecule has 1 N–H and O–H groups in total. The molecule has 30 heavy (non-hydrogen) atoms. The van der Waals surface area contributed by atoms with Crippen LogP contribution in [0.4, 0.5) is 4.79 Å². The zero-order chi connectivity index (χ0) is 21.4. The van der Waals surface area contributed by atoms with Gasteiger partial charge >= 0.3 is 12.1 Å². The van der Waals surface area contributed by atoms with Gasteiger partial charge in [0.15, 0.2) is 11.2 Å². The molecule has 2 atom stereocenters. The zero-order valence-corrected chi connectivity index (χ0v) is 17.1. The molecule has 0 radical (unpaired) electrons. The standard InChI is InChI=1S/C24H27NO5/c1-29-22(27)24(16-10-4-9-15-20(24)26)21(19-13-7-3-8-14-19)25-23(28)30-17-18-11-5-2-6-12-18/h2-3,5-8,11-14,21H,4,9-10,15-17H2,1H3,(H,25,28). The molecule has 6 heteroatoms. The first-order chi connectivity index (χ1) is 14.6. The number of hydrogen-bond donors (Lipinski definition) is 1. The lowest BCUT2D eigenvalue weighted by molar-refractivity contribution is -0.160. The highest BCUT2D eigenvalue weighted by molar-refractivity contribution is 6.05. The van der Waals surface area contributed by atoms with Crippen LogP contribution < -0.4 is 5.32 Å². The predicted molar refractivity (Wildman–Crippen MR) is 111 cm³/mol. The second-order valence-corrected chi connectivity index (χ2v) is 7.50. The number of methoxy groups -OCH3 is 1. The summed E-state index contributed by atoms with van der Waals surface area (Å²) >= 11 is 0. The summed E-state index contributed by atoms with van der Waals surface area (Å²) in [6.45, 7) is 0.0906. The van der Waals surface area contributed by atoms with E-state index >= 15 is 0 Å². The van der Waals surface area contributed by atoms with Gasteiger partial charge in [-0.05, 0) is 24.0 Å². The van der Waals surface area contributed by atoms with Gasteiger partial charge in [0.1, 0.15) is 6.61 Å². The van der Waals surface area contributed by atoms with Gasteiger partial charge in [0.2, 0.25) is 0 Å². The van der Waals surface area contributed by atoms with Crippen LogP contribution in [0.15, 0.2) is 60.7 Å². The lowest BCUT2D eigenvalue weighted by atomic mass is 9.70. The maximum Gasteiger partial charge on any atom is 0.407 e. The van der Waals surface area contributed by atoms with Crippen molar-refractivity contribution in [3.05, 3.63) is 71.8 Å². The maximum absolute atomic E-state index is 13.2. The van der Waals surface area contributed by atoms with Crippen molar-refractivity contribution in [2.45, 2.75) is 44.8 Å². The van der Waals surface area contributed by atoms with Crippen molar-refractivity contribution in [3.8, 4) is 0 Å². The topological polar surface area (TPSA) is 81.7 Å². The Kier molecular flexibility index (Phi) is 7.22. The van der Waals surface area contributed by atoms with E-state index < -0.39 is 23.5 Å². The summed E-state index contributed by atoms with van der Waals surface area (Å²) in [6.07, 6.45) is 2.18. The minimum Gasteiger partial charge on any atom is -0.468 e. The number of carbonyl (C=O) groups is 3. The fraction of sp³-hybridized carbons (Fsp3) is 0.375. The average molecular weight is 409 g/mol. The van der Waals surface area contributed by atoms with Gasteiger partial charge in [-0.2, -0.15) is 0 Å². The minimum absolute atomic E-state index is 0.0906. The van der Waals surface area contributed by atoms with Crippen LogP contribution in [0.25, 0.3) is 0 Å². The van der Waals surface area contributed by atoms with Gasteiger partial charge in [0.05, 0.1) is 13.2 Å². The number of carbonyl (C=O) groups excluding carboxylic acids is 3. The number of ether oxygens (including phenoxy) is 2. The Labute approximate surface area is 176 Å². The van der Waals surface area contributed by atoms with Crippen molar-refractivity contribution in [2.75, 3.05) is 7.11 Å². The number of nitrogens with one attached hydrogen (secondary N) is 1. The van der Waals surface area contributed by atoms with Crippen molar-refractivity contribution in [1.82, 2.24) is 5.32 Å². The molecule has 1 fully saturated rings. The normalized spacial score (nSPS) is 20.0. The molecule has 1 saturated carbocycles. The summed E-state index contributed by atoms with van der Waals surface area (Å²) in [5.74, 6) is -0.823. The summed E-state index contributed by atoms with van der Waals surface area (Å²) in [5.41, 5.74) is 0.0326. The van der Waals surface area contributed by atoms with Gasteiger partial charge in [-0.3, -0.25) is 9.59 Å². The van der Waals surface area contributed by atoms with E-state index in [-0.39, 0.29) is 18.8 Å². The van der Waals surface area contributed by atoms with Gasteiger partial charge < -0.3 is 14.8 Å². The Morgan fingerprint density at radius 3 is 2.33 bits per heavy atom. The summed E-state index contributed by atoms with van der Waals surface area (Å²) in [5, 5.41) is 2.80. The van der Waals surface area contributed by atoms with E-state index in [1.54, 1.807) is 12.1 Å². The van der Waals surface area contributed by atoms with Crippen LogP contribution >= 0.6 is 0 Å². The fourth-order valence-electron chi connectivity index (χ4n) is 4.07. The SMILES string of the molecule is COC(=O)C1(C(NC(=O)OCc2ccccc2)c2ccccc2)CCCCCC1=O. The lowest BCUT2D eigenvalue weighted by Gasteiger charge is -2.36. The minimum atomic E-state index is -1.47. The van der Waals surface area contributed by atoms with Crippen LogP contribution in [-0.2, 0) is 25.7 Å². The Balaban J connectivity index is 1.91. The highest BCUT2D eigenvalue weighted by Crippen LogP contribution is 2.44. The molecular formula is C24H27NO5. The molecule has 0 saturated heterocycles. The average Bonchev–Trinajstić information content (AvgIpc) is 2.99. The largest absolute Gasteiger partial charge is 0.468 e. The first-order valence-electron chi connectivity index (χ1n) is 10.2. The van der Waals surface area contributed by atoms with Crippen molar-refractivity contribution in [2.24, 2.45) is 5.41 Å². The van der Waals surface area contributed by atoms with E-state index in [4.69, 9.17) is 9.47 Å². The van der Waals surface area contributed by atoms with E-state index in [2.05, 4.69) is 5.32 Å². The van der Waals surface area contributed by atoms with Crippen molar-refractivity contribution in [3.63, 3.8) is 0 Å². The van der Waals surface area contributed by atoms with Crippen LogP contribution in [-0.4, -0.2) is 25.0 Å². The number of amides is 1. The molecule has 0 bridgehead atoms. The first-order valence-corrected chi connectivity index (χ1v) is 10.2. The molecule has 6 nitrogen and oxygen atoms in total. The Morgan fingerprint density at radius 2 is 1.67 bits per heavy atom. The van der Waals surface area contributed by atoms with Gasteiger partial charge in [-0.25, -0.2) is 4.79 Å². The second kappa shape index (κ2) is 10.1. The van der Waals surface area contributed by atoms with E-state index in [1.807, 2.05) is 48.5 Å². The quantitative estimate of drug-likeness (QED) is 0.436. The summed E-state index contributed by atoms with van der Waals surface area (Å²) in [6, 6.07) is 17.5. The Bertz CT molecular complexity index is 868.